The van der Waals surface area contributed by atoms with Gasteiger partial charge in [0.05, 0.1) is 6.10 Å². The Morgan fingerprint density at radius 1 is 0.469 bits per heavy atom. The van der Waals surface area contributed by atoms with Crippen LogP contribution in [0, 0.1) is 0 Å². The predicted molar refractivity (Wildman–Crippen MR) is 214 cm³/mol. The van der Waals surface area contributed by atoms with Crippen LogP contribution in [0.2, 0.25) is 0 Å². The van der Waals surface area contributed by atoms with Gasteiger partial charge in [0.25, 0.3) is 0 Å². The molecule has 0 aromatic heterocycles. The number of rotatable bonds is 20. The molecule has 0 saturated carbocycles. The second-order valence-electron chi connectivity index (χ2n) is 11.8. The maximum atomic E-state index is 9.70. The van der Waals surface area contributed by atoms with Crippen LogP contribution in [-0.2, 0) is 38.5 Å². The van der Waals surface area contributed by atoms with Crippen LogP contribution >= 0.6 is 0 Å². The zero-order chi connectivity index (χ0) is 37.0. The Balaban J connectivity index is 0. The van der Waals surface area contributed by atoms with Crippen LogP contribution in [0.25, 0.3) is 0 Å². The van der Waals surface area contributed by atoms with Gasteiger partial charge < -0.3 is 32.5 Å². The summed E-state index contributed by atoms with van der Waals surface area (Å²) in [6.45, 7) is 12.9. The standard InChI is InChI=1S/C15H25NO.2C12H19NO.2C2H6/c1-2-5-15(17)10-9-14-7-3-6-13(12-14)8-4-11-16;2*13-8-2-6-11-4-1-5-12(10-11)7-3-9-14;2*1-2/h3,6-7,12,15,17H,2,4-5,8-11,16H2,1H3;2*1,4-5,10,14H,2-3,6-9,13H2;2*1-2H3. The summed E-state index contributed by atoms with van der Waals surface area (Å²) in [5.74, 6) is 0. The van der Waals surface area contributed by atoms with Crippen LogP contribution in [0.5, 0.6) is 0 Å². The number of hydrogen-bond acceptors (Lipinski definition) is 6. The monoisotopic (exact) mass is 682 g/mol. The highest BCUT2D eigenvalue weighted by atomic mass is 16.3. The van der Waals surface area contributed by atoms with Crippen molar-refractivity contribution in [1.82, 2.24) is 0 Å². The lowest BCUT2D eigenvalue weighted by Gasteiger charge is -2.09. The van der Waals surface area contributed by atoms with Crippen LogP contribution in [0.4, 0.5) is 0 Å². The number of aryl methyl sites for hydroxylation is 6. The molecule has 0 radical (unpaired) electrons. The van der Waals surface area contributed by atoms with E-state index in [4.69, 9.17) is 27.4 Å². The van der Waals surface area contributed by atoms with Crippen molar-refractivity contribution in [1.29, 1.82) is 0 Å². The first-order chi connectivity index (χ1) is 24.0. The normalized spacial score (nSPS) is 10.6. The molecule has 0 bridgehead atoms. The number of aliphatic hydroxyl groups excluding tert-OH is 3. The fourth-order valence-electron chi connectivity index (χ4n) is 5.12. The third-order valence-electron chi connectivity index (χ3n) is 7.62. The predicted octanol–water partition coefficient (Wildman–Crippen LogP) is 7.73. The zero-order valence-electron chi connectivity index (χ0n) is 32.0. The van der Waals surface area contributed by atoms with Crippen LogP contribution in [0.1, 0.15) is 119 Å². The van der Waals surface area contributed by atoms with Gasteiger partial charge in [-0.2, -0.15) is 0 Å². The van der Waals surface area contributed by atoms with E-state index in [2.05, 4.69) is 79.7 Å². The highest BCUT2D eigenvalue weighted by Gasteiger charge is 2.04. The third kappa shape index (κ3) is 27.9. The summed E-state index contributed by atoms with van der Waals surface area (Å²) in [5, 5.41) is 27.1. The average Bonchev–Trinajstić information content (AvgIpc) is 3.15. The molecule has 0 aliphatic rings. The molecule has 0 aliphatic carbocycles. The van der Waals surface area contributed by atoms with E-state index in [-0.39, 0.29) is 19.3 Å². The average molecular weight is 682 g/mol. The van der Waals surface area contributed by atoms with E-state index in [0.717, 1.165) is 110 Å². The minimum absolute atomic E-state index is 0.146. The van der Waals surface area contributed by atoms with E-state index in [9.17, 15) is 5.11 Å². The summed E-state index contributed by atoms with van der Waals surface area (Å²) in [7, 11) is 0. The molecule has 0 saturated heterocycles. The van der Waals surface area contributed by atoms with Crippen LogP contribution < -0.4 is 17.2 Å². The van der Waals surface area contributed by atoms with Gasteiger partial charge in [-0.1, -0.05) is 114 Å². The van der Waals surface area contributed by atoms with Crippen LogP contribution in [0.3, 0.4) is 0 Å². The number of hydrogen-bond donors (Lipinski definition) is 6. The van der Waals surface area contributed by atoms with Crippen molar-refractivity contribution in [3.05, 3.63) is 106 Å². The molecule has 1 atom stereocenters. The maximum Gasteiger partial charge on any atom is 0.0543 e. The number of benzene rings is 3. The van der Waals surface area contributed by atoms with E-state index in [1.54, 1.807) is 0 Å². The number of aliphatic hydroxyl groups is 3. The third-order valence-corrected chi connectivity index (χ3v) is 7.62. The van der Waals surface area contributed by atoms with E-state index >= 15 is 0 Å². The highest BCUT2D eigenvalue weighted by Crippen LogP contribution is 2.13. The van der Waals surface area contributed by atoms with Crippen molar-refractivity contribution >= 4 is 0 Å². The molecule has 1 unspecified atom stereocenters. The molecule has 0 amide bonds. The van der Waals surface area contributed by atoms with Crippen LogP contribution in [-0.4, -0.2) is 54.3 Å². The smallest absolute Gasteiger partial charge is 0.0543 e. The topological polar surface area (TPSA) is 139 Å². The first-order valence-electron chi connectivity index (χ1n) is 19.2. The minimum Gasteiger partial charge on any atom is -0.396 e. The summed E-state index contributed by atoms with van der Waals surface area (Å²) in [6.07, 6.45) is 13.6. The Hall–Kier alpha value is -2.58. The molecule has 0 aliphatic heterocycles. The quantitative estimate of drug-likeness (QED) is 0.0722. The fraction of sp³-hybridized carbons (Fsp3) is 0.581. The van der Waals surface area contributed by atoms with E-state index in [1.807, 2.05) is 27.7 Å². The van der Waals surface area contributed by atoms with Gasteiger partial charge in [-0.25, -0.2) is 0 Å². The van der Waals surface area contributed by atoms with Gasteiger partial charge in [-0.05, 0) is 136 Å². The summed E-state index contributed by atoms with van der Waals surface area (Å²) in [5.41, 5.74) is 24.5. The van der Waals surface area contributed by atoms with Gasteiger partial charge in [-0.15, -0.1) is 0 Å². The Morgan fingerprint density at radius 3 is 1.02 bits per heavy atom. The van der Waals surface area contributed by atoms with Gasteiger partial charge in [0.15, 0.2) is 0 Å². The van der Waals surface area contributed by atoms with Crippen molar-refractivity contribution in [2.24, 2.45) is 17.2 Å². The van der Waals surface area contributed by atoms with Crippen molar-refractivity contribution in [2.75, 3.05) is 32.8 Å². The van der Waals surface area contributed by atoms with Gasteiger partial charge in [0.2, 0.25) is 0 Å². The van der Waals surface area contributed by atoms with E-state index in [1.165, 1.54) is 33.4 Å². The molecule has 3 aromatic rings. The van der Waals surface area contributed by atoms with Gasteiger partial charge >= 0.3 is 0 Å². The fourth-order valence-corrected chi connectivity index (χ4v) is 5.12. The molecule has 0 heterocycles. The van der Waals surface area contributed by atoms with Gasteiger partial charge in [0.1, 0.15) is 0 Å². The Morgan fingerprint density at radius 2 is 0.755 bits per heavy atom. The largest absolute Gasteiger partial charge is 0.396 e. The molecule has 6 heteroatoms. The summed E-state index contributed by atoms with van der Waals surface area (Å²) in [6, 6.07) is 25.7. The SMILES string of the molecule is CC.CC.CCCC(O)CCc1cccc(CCCN)c1.NCCCc1cccc(CCCO)c1.NCCCc1cccc(CCCO)c1. The lowest BCUT2D eigenvalue weighted by atomic mass is 10.0. The first-order valence-corrected chi connectivity index (χ1v) is 19.2. The molecule has 49 heavy (non-hydrogen) atoms. The van der Waals surface area contributed by atoms with Gasteiger partial charge in [0, 0.05) is 13.2 Å². The van der Waals surface area contributed by atoms with Crippen molar-refractivity contribution in [3.8, 4) is 0 Å². The molecule has 3 rings (SSSR count). The lowest BCUT2D eigenvalue weighted by molar-refractivity contribution is 0.154. The lowest BCUT2D eigenvalue weighted by Crippen LogP contribution is -2.07. The second kappa shape index (κ2) is 36.7. The summed E-state index contributed by atoms with van der Waals surface area (Å²) >= 11 is 0. The molecular formula is C43H75N3O3. The molecule has 9 N–H and O–H groups in total. The molecule has 3 aromatic carbocycles. The summed E-state index contributed by atoms with van der Waals surface area (Å²) in [4.78, 5) is 0. The number of nitrogens with two attached hydrogens (primary N) is 3. The molecule has 6 nitrogen and oxygen atoms in total. The first kappa shape index (κ1) is 48.5. The zero-order valence-corrected chi connectivity index (χ0v) is 32.0. The molecular weight excluding hydrogens is 606 g/mol. The maximum absolute atomic E-state index is 9.70. The van der Waals surface area contributed by atoms with E-state index in [0.29, 0.717) is 0 Å². The Bertz CT molecular complexity index is 1010. The van der Waals surface area contributed by atoms with E-state index < -0.39 is 0 Å². The van der Waals surface area contributed by atoms with Crippen molar-refractivity contribution < 1.29 is 15.3 Å². The second-order valence-corrected chi connectivity index (χ2v) is 11.8. The Labute approximate surface area is 301 Å². The Kier molecular flexibility index (Phi) is 36.3. The van der Waals surface area contributed by atoms with Crippen LogP contribution in [0.15, 0.2) is 72.8 Å². The summed E-state index contributed by atoms with van der Waals surface area (Å²) < 4.78 is 0. The molecule has 0 fully saturated rings. The van der Waals surface area contributed by atoms with Crippen molar-refractivity contribution in [3.63, 3.8) is 0 Å². The highest BCUT2D eigenvalue weighted by molar-refractivity contribution is 5.25. The van der Waals surface area contributed by atoms with Gasteiger partial charge in [-0.3, -0.25) is 0 Å². The van der Waals surface area contributed by atoms with Crippen molar-refractivity contribution in [2.45, 2.75) is 131 Å². The molecule has 280 valence electrons. The molecule has 0 spiro atoms. The minimum atomic E-state index is -0.146.